The molecule has 0 radical (unpaired) electrons. The van der Waals surface area contributed by atoms with Gasteiger partial charge in [-0.15, -0.1) is 15.7 Å². The highest BCUT2D eigenvalue weighted by Crippen LogP contribution is 2.28. The Hall–Kier alpha value is -1.11. The predicted molar refractivity (Wildman–Crippen MR) is 90.9 cm³/mol. The van der Waals surface area contributed by atoms with Gasteiger partial charge in [0.15, 0.2) is 0 Å². The van der Waals surface area contributed by atoms with Gasteiger partial charge in [-0.2, -0.15) is 8.42 Å². The normalized spacial score (nSPS) is 13.6. The van der Waals surface area contributed by atoms with Crippen LogP contribution in [0.2, 0.25) is 5.02 Å². The number of sulfonamides is 1. The van der Waals surface area contributed by atoms with E-state index in [1.807, 2.05) is 18.5 Å². The number of benzene rings is 1. The molecule has 1 heterocycles. The first kappa shape index (κ1) is 17.2. The van der Waals surface area contributed by atoms with Gasteiger partial charge >= 0.3 is 0 Å². The van der Waals surface area contributed by atoms with Crippen LogP contribution in [0, 0.1) is 6.92 Å². The van der Waals surface area contributed by atoms with Crippen molar-refractivity contribution >= 4 is 33.0 Å². The Balaban J connectivity index is 2.64. The second kappa shape index (κ2) is 5.83. The molecule has 2 aromatic rings. The van der Waals surface area contributed by atoms with E-state index >= 15 is 0 Å². The Labute approximate surface area is 140 Å². The molecule has 1 aromatic carbocycles. The second-order valence-corrected chi connectivity index (χ2v) is 9.15. The van der Waals surface area contributed by atoms with Gasteiger partial charge in [0.1, 0.15) is 0 Å². The van der Waals surface area contributed by atoms with Crippen LogP contribution < -0.4 is 4.80 Å². The molecule has 0 aliphatic rings. The first-order valence-electron chi connectivity index (χ1n) is 6.76. The van der Waals surface area contributed by atoms with E-state index < -0.39 is 10.0 Å². The van der Waals surface area contributed by atoms with E-state index in [4.69, 9.17) is 11.6 Å². The Morgan fingerprint density at radius 1 is 1.27 bits per heavy atom. The van der Waals surface area contributed by atoms with Gasteiger partial charge in [0.05, 0.1) is 4.90 Å². The Bertz CT molecular complexity index is 872. The largest absolute Gasteiger partial charge is 0.323 e. The molecule has 0 saturated carbocycles. The molecule has 2 rings (SSSR count). The van der Waals surface area contributed by atoms with Crippen LogP contribution in [-0.2, 0) is 22.5 Å². The van der Waals surface area contributed by atoms with E-state index in [2.05, 4.69) is 25.2 Å². The molecule has 0 N–H and O–H groups in total. The van der Waals surface area contributed by atoms with Crippen LogP contribution in [0.3, 0.4) is 0 Å². The highest BCUT2D eigenvalue weighted by molar-refractivity contribution is 7.90. The fraction of sp³-hybridized carbons (Fsp3) is 0.400. The fourth-order valence-electron chi connectivity index (χ4n) is 2.09. The zero-order valence-electron chi connectivity index (χ0n) is 13.2. The van der Waals surface area contributed by atoms with Crippen LogP contribution in [0.5, 0.6) is 0 Å². The summed E-state index contributed by atoms with van der Waals surface area (Å²) in [6.07, 6.45) is 0. The zero-order chi connectivity index (χ0) is 16.7. The average Bonchev–Trinajstić information content (AvgIpc) is 2.66. The lowest BCUT2D eigenvalue weighted by atomic mass is 9.93. The predicted octanol–water partition coefficient (Wildman–Crippen LogP) is 3.64. The third kappa shape index (κ3) is 3.45. The van der Waals surface area contributed by atoms with Crippen molar-refractivity contribution in [1.29, 1.82) is 0 Å². The zero-order valence-corrected chi connectivity index (χ0v) is 15.6. The maximum atomic E-state index is 12.4. The van der Waals surface area contributed by atoms with E-state index in [-0.39, 0.29) is 10.3 Å². The molecule has 0 spiro atoms. The second-order valence-electron chi connectivity index (χ2n) is 6.13. The van der Waals surface area contributed by atoms with Gasteiger partial charge in [-0.25, -0.2) is 0 Å². The highest BCUT2D eigenvalue weighted by Gasteiger charge is 2.22. The van der Waals surface area contributed by atoms with Crippen LogP contribution in [-0.4, -0.2) is 13.0 Å². The van der Waals surface area contributed by atoms with Crippen molar-refractivity contribution in [2.45, 2.75) is 38.0 Å². The van der Waals surface area contributed by atoms with Crippen molar-refractivity contribution in [3.8, 4) is 0 Å². The van der Waals surface area contributed by atoms with Crippen molar-refractivity contribution in [3.05, 3.63) is 44.7 Å². The van der Waals surface area contributed by atoms with E-state index in [0.29, 0.717) is 9.82 Å². The number of thiazole rings is 1. The van der Waals surface area contributed by atoms with E-state index in [1.165, 1.54) is 23.5 Å². The van der Waals surface area contributed by atoms with Crippen LogP contribution in [0.15, 0.2) is 33.6 Å². The Kier molecular flexibility index (Phi) is 4.57. The van der Waals surface area contributed by atoms with Crippen molar-refractivity contribution in [1.82, 2.24) is 4.57 Å². The fourth-order valence-corrected chi connectivity index (χ4v) is 4.79. The summed E-state index contributed by atoms with van der Waals surface area (Å²) in [7, 11) is -1.95. The van der Waals surface area contributed by atoms with E-state index in [9.17, 15) is 8.42 Å². The van der Waals surface area contributed by atoms with Crippen molar-refractivity contribution in [3.63, 3.8) is 0 Å². The van der Waals surface area contributed by atoms with Gasteiger partial charge in [-0.05, 0) is 30.5 Å². The molecule has 22 heavy (non-hydrogen) atoms. The molecular weight excluding hydrogens is 340 g/mol. The Morgan fingerprint density at radius 3 is 2.41 bits per heavy atom. The first-order valence-corrected chi connectivity index (χ1v) is 9.39. The van der Waals surface area contributed by atoms with Gasteiger partial charge in [0.25, 0.3) is 10.0 Å². The van der Waals surface area contributed by atoms with Crippen LogP contribution in [0.4, 0.5) is 0 Å². The molecule has 7 heteroatoms. The molecule has 0 aliphatic heterocycles. The average molecular weight is 359 g/mol. The van der Waals surface area contributed by atoms with Crippen molar-refractivity contribution in [2.24, 2.45) is 11.4 Å². The Morgan fingerprint density at radius 2 is 1.91 bits per heavy atom. The lowest BCUT2D eigenvalue weighted by molar-refractivity contribution is 0.592. The number of hydrogen-bond acceptors (Lipinski definition) is 3. The monoisotopic (exact) mass is 358 g/mol. The topological polar surface area (TPSA) is 51.4 Å². The smallest absolute Gasteiger partial charge is 0.285 e. The van der Waals surface area contributed by atoms with E-state index in [1.54, 1.807) is 12.1 Å². The molecule has 120 valence electrons. The quantitative estimate of drug-likeness (QED) is 0.823. The molecule has 0 unspecified atom stereocenters. The molecule has 4 nitrogen and oxygen atoms in total. The highest BCUT2D eigenvalue weighted by atomic mass is 35.5. The molecule has 0 amide bonds. The summed E-state index contributed by atoms with van der Waals surface area (Å²) in [6.45, 7) is 8.27. The van der Waals surface area contributed by atoms with Crippen LogP contribution in [0.1, 0.15) is 31.3 Å². The number of rotatable bonds is 2. The van der Waals surface area contributed by atoms with Gasteiger partial charge in [0, 0.05) is 22.6 Å². The molecule has 0 aliphatic carbocycles. The molecule has 0 saturated heterocycles. The molecule has 1 aromatic heterocycles. The summed E-state index contributed by atoms with van der Waals surface area (Å²) < 4.78 is 30.7. The van der Waals surface area contributed by atoms with Crippen LogP contribution >= 0.6 is 22.9 Å². The van der Waals surface area contributed by atoms with Gasteiger partial charge in [-0.3, -0.25) is 0 Å². The number of hydrogen-bond donors (Lipinski definition) is 0. The minimum Gasteiger partial charge on any atom is -0.323 e. The maximum absolute atomic E-state index is 12.4. The molecule has 0 fully saturated rings. The molecule has 0 atom stereocenters. The number of halogens is 1. The third-order valence-corrected chi connectivity index (χ3v) is 6.56. The molecular formula is C15H19ClN2O2S2. The minimum atomic E-state index is -3.78. The third-order valence-electron chi connectivity index (χ3n) is 3.29. The lowest BCUT2D eigenvalue weighted by Gasteiger charge is -2.17. The van der Waals surface area contributed by atoms with Crippen molar-refractivity contribution < 1.29 is 8.42 Å². The summed E-state index contributed by atoms with van der Waals surface area (Å²) >= 11 is 7.27. The standard InChI is InChI=1S/C15H19ClN2O2S2/c1-10-13(15(2,3)4)21-14(18(10)5)17-22(19,20)12-8-6-7-11(16)9-12/h6-9H,1-5H3. The van der Waals surface area contributed by atoms with Gasteiger partial charge in [-0.1, -0.05) is 38.4 Å². The summed E-state index contributed by atoms with van der Waals surface area (Å²) in [6, 6.07) is 6.14. The maximum Gasteiger partial charge on any atom is 0.285 e. The summed E-state index contributed by atoms with van der Waals surface area (Å²) in [5.74, 6) is 0. The SMILES string of the molecule is Cc1c(C(C)(C)C)sc(=NS(=O)(=O)c2cccc(Cl)c2)n1C. The van der Waals surface area contributed by atoms with E-state index in [0.717, 1.165) is 10.6 Å². The minimum absolute atomic E-state index is 0.0555. The molecule has 0 bridgehead atoms. The lowest BCUT2D eigenvalue weighted by Crippen LogP contribution is -2.15. The van der Waals surface area contributed by atoms with Crippen LogP contribution in [0.25, 0.3) is 0 Å². The summed E-state index contributed by atoms with van der Waals surface area (Å²) in [5.41, 5.74) is 0.970. The first-order chi connectivity index (χ1) is 10.0. The van der Waals surface area contributed by atoms with Gasteiger partial charge in [0.2, 0.25) is 4.80 Å². The summed E-state index contributed by atoms with van der Waals surface area (Å²) in [5, 5.41) is 0.374. The number of aromatic nitrogens is 1. The van der Waals surface area contributed by atoms with Crippen molar-refractivity contribution in [2.75, 3.05) is 0 Å². The summed E-state index contributed by atoms with van der Waals surface area (Å²) in [4.78, 5) is 1.68. The number of nitrogens with zero attached hydrogens (tertiary/aromatic N) is 2. The van der Waals surface area contributed by atoms with Gasteiger partial charge < -0.3 is 4.57 Å².